The van der Waals surface area contributed by atoms with Crippen molar-refractivity contribution in [3.05, 3.63) is 0 Å². The molecular formula is C21H38N3O2+. The number of hydrogen-bond acceptors (Lipinski definition) is 4. The minimum Gasteiger partial charge on any atom is -0.357 e. The van der Waals surface area contributed by atoms with Crippen LogP contribution in [0.5, 0.6) is 0 Å². The molecule has 0 aliphatic carbocycles. The zero-order valence-electron chi connectivity index (χ0n) is 16.7. The molecule has 5 aliphatic rings. The lowest BCUT2D eigenvalue weighted by Crippen LogP contribution is -3.27. The van der Waals surface area contributed by atoms with Gasteiger partial charge in [-0.25, -0.2) is 10.6 Å². The first-order chi connectivity index (χ1) is 12.6. The van der Waals surface area contributed by atoms with Crippen LogP contribution >= 0.6 is 0 Å². The first kappa shape index (κ1) is 17.9. The van der Waals surface area contributed by atoms with E-state index < -0.39 is 0 Å². The van der Waals surface area contributed by atoms with Gasteiger partial charge in [0.05, 0.1) is 24.3 Å². The van der Waals surface area contributed by atoms with Gasteiger partial charge in [0.15, 0.2) is 0 Å². The predicted molar refractivity (Wildman–Crippen MR) is 101 cm³/mol. The molecule has 8 atom stereocenters. The maximum Gasteiger partial charge on any atom is 0.203 e. The SMILES string of the molecule is CCC[C@H]1CCC[C@@]2(C[C@@H]3CC[C@@H]4C[C@]5(CCC[C@@H](C)O5)NC(N2)[NH+]43)O1. The normalized spacial score (nSPS) is 53.8. The standard InChI is InChI=1S/C21H37N3O2/c1-3-6-18-8-5-12-21(26-18)14-17-10-9-16-13-20(11-4-7-15(2)25-20)22-19(23-21)24(16)17/h15-19,22-23H,3-14H2,1-2H3/p+1/t15-,16-,17+,18+,19?,20-,21+/m1/s1. The van der Waals surface area contributed by atoms with Gasteiger partial charge in [-0.1, -0.05) is 13.3 Å². The molecule has 5 nitrogen and oxygen atoms in total. The van der Waals surface area contributed by atoms with Gasteiger partial charge in [0.2, 0.25) is 6.29 Å². The number of hydrogen-bond donors (Lipinski definition) is 3. The molecule has 26 heavy (non-hydrogen) atoms. The molecule has 5 aliphatic heterocycles. The van der Waals surface area contributed by atoms with Gasteiger partial charge < -0.3 is 14.4 Å². The molecule has 0 aromatic heterocycles. The molecule has 3 N–H and O–H groups in total. The van der Waals surface area contributed by atoms with Crippen LogP contribution in [-0.2, 0) is 9.47 Å². The molecule has 5 rings (SSSR count). The first-order valence-corrected chi connectivity index (χ1v) is 11.4. The lowest BCUT2D eigenvalue weighted by atomic mass is 9.87. The Kier molecular flexibility index (Phi) is 4.60. The largest absolute Gasteiger partial charge is 0.357 e. The molecule has 2 unspecified atom stereocenters. The van der Waals surface area contributed by atoms with E-state index in [-0.39, 0.29) is 11.4 Å². The van der Waals surface area contributed by atoms with Crippen LogP contribution in [0.2, 0.25) is 0 Å². The Morgan fingerprint density at radius 2 is 1.58 bits per heavy atom. The summed E-state index contributed by atoms with van der Waals surface area (Å²) in [4.78, 5) is 1.75. The summed E-state index contributed by atoms with van der Waals surface area (Å²) in [5.74, 6) is 0. The molecule has 2 spiro atoms. The Morgan fingerprint density at radius 3 is 2.23 bits per heavy atom. The number of ether oxygens (including phenoxy) is 2. The second kappa shape index (κ2) is 6.70. The molecule has 5 saturated heterocycles. The summed E-state index contributed by atoms with van der Waals surface area (Å²) in [6.07, 6.45) is 16.0. The minimum absolute atomic E-state index is 0.0996. The quantitative estimate of drug-likeness (QED) is 0.702. The van der Waals surface area contributed by atoms with Gasteiger partial charge in [0, 0.05) is 25.7 Å². The van der Waals surface area contributed by atoms with E-state index in [9.17, 15) is 0 Å². The lowest BCUT2D eigenvalue weighted by Gasteiger charge is -2.57. The highest BCUT2D eigenvalue weighted by Gasteiger charge is 2.60. The predicted octanol–water partition coefficient (Wildman–Crippen LogP) is 2.02. The lowest BCUT2D eigenvalue weighted by molar-refractivity contribution is -0.982. The van der Waals surface area contributed by atoms with Crippen LogP contribution in [0.15, 0.2) is 0 Å². The fourth-order valence-electron chi connectivity index (χ4n) is 6.89. The average Bonchev–Trinajstić information content (AvgIpc) is 2.97. The van der Waals surface area contributed by atoms with E-state index in [1.165, 1.54) is 70.6 Å². The fraction of sp³-hybridized carbons (Fsp3) is 1.00. The maximum absolute atomic E-state index is 6.75. The summed E-state index contributed by atoms with van der Waals surface area (Å²) in [6.45, 7) is 4.52. The molecule has 0 amide bonds. The van der Waals surface area contributed by atoms with Crippen LogP contribution < -0.4 is 15.5 Å². The molecule has 0 saturated carbocycles. The molecule has 0 bridgehead atoms. The highest BCUT2D eigenvalue weighted by molar-refractivity contribution is 4.98. The molecule has 0 aromatic carbocycles. The molecular weight excluding hydrogens is 326 g/mol. The molecule has 0 aromatic rings. The summed E-state index contributed by atoms with van der Waals surface area (Å²) >= 11 is 0. The Balaban J connectivity index is 1.37. The maximum atomic E-state index is 6.75. The number of quaternary nitrogens is 1. The fourth-order valence-corrected chi connectivity index (χ4v) is 6.89. The zero-order chi connectivity index (χ0) is 17.8. The highest BCUT2D eigenvalue weighted by Crippen LogP contribution is 2.39. The summed E-state index contributed by atoms with van der Waals surface area (Å²) in [7, 11) is 0. The van der Waals surface area contributed by atoms with E-state index >= 15 is 0 Å². The van der Waals surface area contributed by atoms with Crippen LogP contribution in [0.3, 0.4) is 0 Å². The van der Waals surface area contributed by atoms with Crippen LogP contribution in [0.4, 0.5) is 0 Å². The van der Waals surface area contributed by atoms with Crippen molar-refractivity contribution in [3.63, 3.8) is 0 Å². The van der Waals surface area contributed by atoms with E-state index in [0.29, 0.717) is 18.5 Å². The molecule has 5 heterocycles. The molecule has 148 valence electrons. The van der Waals surface area contributed by atoms with Crippen molar-refractivity contribution in [2.24, 2.45) is 0 Å². The Hall–Kier alpha value is -0.200. The highest BCUT2D eigenvalue weighted by atomic mass is 16.5. The Bertz CT molecular complexity index is 529. The van der Waals surface area contributed by atoms with Crippen LogP contribution in [0.1, 0.15) is 90.9 Å². The minimum atomic E-state index is -0.103. The van der Waals surface area contributed by atoms with E-state index in [1.54, 1.807) is 4.90 Å². The first-order valence-electron chi connectivity index (χ1n) is 11.4. The van der Waals surface area contributed by atoms with E-state index in [1.807, 2.05) is 0 Å². The average molecular weight is 365 g/mol. The van der Waals surface area contributed by atoms with Crippen molar-refractivity contribution in [3.8, 4) is 0 Å². The molecule has 0 radical (unpaired) electrons. The van der Waals surface area contributed by atoms with Gasteiger partial charge >= 0.3 is 0 Å². The monoisotopic (exact) mass is 364 g/mol. The number of rotatable bonds is 2. The van der Waals surface area contributed by atoms with Gasteiger partial charge in [0.1, 0.15) is 11.4 Å². The summed E-state index contributed by atoms with van der Waals surface area (Å²) in [6, 6.07) is 1.49. The third kappa shape index (κ3) is 3.04. The van der Waals surface area contributed by atoms with Gasteiger partial charge in [-0.3, -0.25) is 0 Å². The summed E-state index contributed by atoms with van der Waals surface area (Å²) in [5, 5.41) is 7.97. The summed E-state index contributed by atoms with van der Waals surface area (Å²) in [5.41, 5.74) is -0.202. The molecule has 5 fully saturated rings. The summed E-state index contributed by atoms with van der Waals surface area (Å²) < 4.78 is 13.3. The van der Waals surface area contributed by atoms with Crippen molar-refractivity contribution in [1.82, 2.24) is 10.6 Å². The van der Waals surface area contributed by atoms with Crippen molar-refractivity contribution < 1.29 is 14.4 Å². The van der Waals surface area contributed by atoms with Gasteiger partial charge in [-0.15, -0.1) is 0 Å². The van der Waals surface area contributed by atoms with Gasteiger partial charge in [0.25, 0.3) is 0 Å². The van der Waals surface area contributed by atoms with E-state index in [2.05, 4.69) is 24.5 Å². The van der Waals surface area contributed by atoms with Crippen molar-refractivity contribution >= 4 is 0 Å². The number of nitrogens with one attached hydrogen (secondary N) is 3. The second-order valence-electron chi connectivity index (χ2n) is 9.83. The third-order valence-corrected chi connectivity index (χ3v) is 7.83. The van der Waals surface area contributed by atoms with Crippen molar-refractivity contribution in [2.75, 3.05) is 0 Å². The smallest absolute Gasteiger partial charge is 0.203 e. The van der Waals surface area contributed by atoms with E-state index in [0.717, 1.165) is 18.5 Å². The third-order valence-electron chi connectivity index (χ3n) is 7.83. The van der Waals surface area contributed by atoms with Crippen LogP contribution in [-0.4, -0.2) is 42.0 Å². The van der Waals surface area contributed by atoms with Crippen LogP contribution in [0.25, 0.3) is 0 Å². The topological polar surface area (TPSA) is 47.0 Å². The Morgan fingerprint density at radius 1 is 0.923 bits per heavy atom. The molecule has 5 heteroatoms. The van der Waals surface area contributed by atoms with Gasteiger partial charge in [-0.05, 0) is 51.9 Å². The Labute approximate surface area is 158 Å². The van der Waals surface area contributed by atoms with Gasteiger partial charge in [-0.2, -0.15) is 0 Å². The van der Waals surface area contributed by atoms with E-state index in [4.69, 9.17) is 9.47 Å². The second-order valence-corrected chi connectivity index (χ2v) is 9.83. The van der Waals surface area contributed by atoms with Crippen molar-refractivity contribution in [1.29, 1.82) is 0 Å². The van der Waals surface area contributed by atoms with Crippen LogP contribution in [0, 0.1) is 0 Å². The zero-order valence-corrected chi connectivity index (χ0v) is 16.7. The van der Waals surface area contributed by atoms with Crippen molar-refractivity contribution in [2.45, 2.75) is 133 Å².